The highest BCUT2D eigenvalue weighted by Gasteiger charge is 2.25. The van der Waals surface area contributed by atoms with E-state index in [2.05, 4.69) is 45.1 Å². The van der Waals surface area contributed by atoms with Crippen molar-refractivity contribution in [3.63, 3.8) is 0 Å². The fraction of sp³-hybridized carbons (Fsp3) is 0.912. The lowest BCUT2D eigenvalue weighted by Gasteiger charge is -2.28. The van der Waals surface area contributed by atoms with Gasteiger partial charge in [0.1, 0.15) is 0 Å². The third-order valence-corrected chi connectivity index (χ3v) is 12.3. The quantitative estimate of drug-likeness (QED) is 0.0476. The molecule has 0 heterocycles. The second-order valence-corrected chi connectivity index (χ2v) is 18.6. The van der Waals surface area contributed by atoms with Crippen LogP contribution in [-0.4, -0.2) is 114 Å². The van der Waals surface area contributed by atoms with E-state index in [4.69, 9.17) is 33.5 Å². The number of carbonyl (C=O) groups excluding carboxylic acids is 1. The summed E-state index contributed by atoms with van der Waals surface area (Å²) in [6.45, 7) is 13.3. The molecule has 1 amide bonds. The molecule has 1 atom stereocenters. The minimum Gasteiger partial charge on any atom is -0.394 e. The van der Waals surface area contributed by atoms with E-state index in [1.807, 2.05) is 4.90 Å². The zero-order valence-electron chi connectivity index (χ0n) is 44.1. The lowest BCUT2D eigenvalue weighted by atomic mass is 10.1. The zero-order chi connectivity index (χ0) is 47.7. The molecule has 392 valence electrons. The van der Waals surface area contributed by atoms with Gasteiger partial charge in [0.25, 0.3) is 5.91 Å². The van der Waals surface area contributed by atoms with Crippen LogP contribution in [0.2, 0.25) is 0 Å². The molecule has 9 heteroatoms. The Hall–Kier alpha value is -1.33. The second kappa shape index (κ2) is 58.0. The Morgan fingerprint density at radius 2 is 0.727 bits per heavy atom. The number of carbonyl (C=O) groups is 1. The Morgan fingerprint density at radius 3 is 1.15 bits per heavy atom. The first-order chi connectivity index (χ1) is 32.7. The first-order valence-corrected chi connectivity index (χ1v) is 28.4. The Morgan fingerprint density at radius 1 is 0.379 bits per heavy atom. The molecule has 66 heavy (non-hydrogen) atoms. The van der Waals surface area contributed by atoms with Crippen LogP contribution in [0.3, 0.4) is 0 Å². The fourth-order valence-corrected chi connectivity index (χ4v) is 8.03. The maximum Gasteiger partial charge on any atom is 0.254 e. The monoisotopic (exact) mass is 938 g/mol. The smallest absolute Gasteiger partial charge is 0.254 e. The minimum absolute atomic E-state index is 0.0213. The van der Waals surface area contributed by atoms with Gasteiger partial charge in [0.15, 0.2) is 6.10 Å². The normalized spacial score (nSPS) is 12.4. The van der Waals surface area contributed by atoms with Crippen LogP contribution < -0.4 is 0 Å². The van der Waals surface area contributed by atoms with Crippen molar-refractivity contribution in [2.24, 2.45) is 0 Å². The van der Waals surface area contributed by atoms with Gasteiger partial charge in [-0.1, -0.05) is 193 Å². The SMILES string of the molecule is CCCCCCCC/C=C\CCCCCCCCOCC(OCCCCCCCC/C=C\CCCCCCCC)C(=O)N(CCCCCCCC)CCOCCOCCOCCOCCO. The highest BCUT2D eigenvalue weighted by Crippen LogP contribution is 2.14. The molecule has 0 aromatic rings. The van der Waals surface area contributed by atoms with Crippen molar-refractivity contribution in [2.45, 2.75) is 245 Å². The van der Waals surface area contributed by atoms with E-state index < -0.39 is 6.10 Å². The van der Waals surface area contributed by atoms with Crippen LogP contribution >= 0.6 is 0 Å². The Labute approximate surface area is 409 Å². The summed E-state index contributed by atoms with van der Waals surface area (Å²) in [5.41, 5.74) is 0. The van der Waals surface area contributed by atoms with Crippen molar-refractivity contribution in [3.05, 3.63) is 24.3 Å². The van der Waals surface area contributed by atoms with Gasteiger partial charge in [-0.3, -0.25) is 4.79 Å². The summed E-state index contributed by atoms with van der Waals surface area (Å²) in [6.07, 6.45) is 51.9. The summed E-state index contributed by atoms with van der Waals surface area (Å²) in [7, 11) is 0. The van der Waals surface area contributed by atoms with Gasteiger partial charge < -0.3 is 38.4 Å². The Bertz CT molecular complexity index is 980. The molecule has 1 unspecified atom stereocenters. The molecule has 0 aliphatic heterocycles. The Balaban J connectivity index is 4.81. The fourth-order valence-electron chi connectivity index (χ4n) is 8.03. The van der Waals surface area contributed by atoms with Gasteiger partial charge in [-0.15, -0.1) is 0 Å². The van der Waals surface area contributed by atoms with E-state index in [-0.39, 0.29) is 12.5 Å². The lowest BCUT2D eigenvalue weighted by Crippen LogP contribution is -2.45. The molecule has 0 aliphatic rings. The standard InChI is InChI=1S/C57H111NO8/c1-4-7-10-13-16-18-20-22-24-26-28-30-32-34-37-40-45-65-55-56(66-46-41-38-35-33-31-29-27-25-23-21-19-17-14-11-8-5-2)57(60)58(42-39-36-15-12-9-6-3)43-47-61-49-51-63-53-54-64-52-50-62-48-44-59/h22-25,56,59H,4-21,26-55H2,1-3H3/b24-22-,25-23-. The molecule has 0 rings (SSSR count). The van der Waals surface area contributed by atoms with Crippen LogP contribution in [0.5, 0.6) is 0 Å². The summed E-state index contributed by atoms with van der Waals surface area (Å²) in [5.74, 6) is 0.0362. The molecule has 0 saturated heterocycles. The summed E-state index contributed by atoms with van der Waals surface area (Å²) in [6, 6.07) is 0. The summed E-state index contributed by atoms with van der Waals surface area (Å²) >= 11 is 0. The molecule has 0 aliphatic carbocycles. The summed E-state index contributed by atoms with van der Waals surface area (Å²) in [5, 5.41) is 8.78. The Kier molecular flexibility index (Phi) is 56.8. The van der Waals surface area contributed by atoms with Gasteiger partial charge in [0, 0.05) is 26.3 Å². The molecule has 0 saturated carbocycles. The number of hydrogen-bond donors (Lipinski definition) is 1. The maximum atomic E-state index is 14.2. The van der Waals surface area contributed by atoms with Crippen molar-refractivity contribution < 1.29 is 38.3 Å². The number of aliphatic hydroxyl groups is 1. The molecule has 0 fully saturated rings. The van der Waals surface area contributed by atoms with Gasteiger partial charge >= 0.3 is 0 Å². The molecule has 0 aromatic carbocycles. The number of ether oxygens (including phenoxy) is 6. The van der Waals surface area contributed by atoms with Crippen LogP contribution in [0, 0.1) is 0 Å². The number of aliphatic hydroxyl groups excluding tert-OH is 1. The molecular weight excluding hydrogens is 827 g/mol. The van der Waals surface area contributed by atoms with Crippen molar-refractivity contribution in [2.75, 3.05) is 92.4 Å². The van der Waals surface area contributed by atoms with E-state index in [0.717, 1.165) is 32.1 Å². The third kappa shape index (κ3) is 50.5. The molecule has 0 aromatic heterocycles. The highest BCUT2D eigenvalue weighted by atomic mass is 16.6. The molecule has 0 radical (unpaired) electrons. The van der Waals surface area contributed by atoms with Crippen molar-refractivity contribution >= 4 is 5.91 Å². The van der Waals surface area contributed by atoms with Crippen LogP contribution in [0.25, 0.3) is 0 Å². The third-order valence-electron chi connectivity index (χ3n) is 12.3. The predicted octanol–water partition coefficient (Wildman–Crippen LogP) is 14.7. The molecule has 1 N–H and O–H groups in total. The van der Waals surface area contributed by atoms with Crippen LogP contribution in [0.1, 0.15) is 239 Å². The number of allylic oxidation sites excluding steroid dienone is 4. The van der Waals surface area contributed by atoms with Gasteiger partial charge in [0.05, 0.1) is 66.1 Å². The topological polar surface area (TPSA) is 95.9 Å². The van der Waals surface area contributed by atoms with Crippen molar-refractivity contribution in [3.8, 4) is 0 Å². The van der Waals surface area contributed by atoms with Crippen LogP contribution in [0.15, 0.2) is 24.3 Å². The average molecular weight is 939 g/mol. The van der Waals surface area contributed by atoms with E-state index in [1.165, 1.54) is 186 Å². The zero-order valence-corrected chi connectivity index (χ0v) is 44.1. The van der Waals surface area contributed by atoms with E-state index >= 15 is 0 Å². The summed E-state index contributed by atoms with van der Waals surface area (Å²) < 4.78 is 34.9. The first kappa shape index (κ1) is 64.7. The first-order valence-electron chi connectivity index (χ1n) is 28.4. The number of rotatable bonds is 57. The average Bonchev–Trinajstić information content (AvgIpc) is 3.33. The number of nitrogens with zero attached hydrogens (tertiary/aromatic N) is 1. The summed E-state index contributed by atoms with van der Waals surface area (Å²) in [4.78, 5) is 16.1. The van der Waals surface area contributed by atoms with Crippen molar-refractivity contribution in [1.82, 2.24) is 4.90 Å². The minimum atomic E-state index is -0.584. The highest BCUT2D eigenvalue weighted by molar-refractivity contribution is 5.81. The van der Waals surface area contributed by atoms with Gasteiger partial charge in [0.2, 0.25) is 0 Å². The predicted molar refractivity (Wildman–Crippen MR) is 280 cm³/mol. The number of amides is 1. The number of hydrogen-bond acceptors (Lipinski definition) is 8. The van der Waals surface area contributed by atoms with Crippen LogP contribution in [0.4, 0.5) is 0 Å². The molecular formula is C57H111NO8. The maximum absolute atomic E-state index is 14.2. The molecule has 0 bridgehead atoms. The van der Waals surface area contributed by atoms with Crippen LogP contribution in [-0.2, 0) is 33.2 Å². The molecule has 0 spiro atoms. The largest absolute Gasteiger partial charge is 0.394 e. The molecule has 9 nitrogen and oxygen atoms in total. The van der Waals surface area contributed by atoms with Gasteiger partial charge in [-0.2, -0.15) is 0 Å². The van der Waals surface area contributed by atoms with Gasteiger partial charge in [-0.05, 0) is 70.6 Å². The van der Waals surface area contributed by atoms with E-state index in [9.17, 15) is 4.79 Å². The van der Waals surface area contributed by atoms with Gasteiger partial charge in [-0.25, -0.2) is 0 Å². The van der Waals surface area contributed by atoms with E-state index in [1.54, 1.807) is 0 Å². The van der Waals surface area contributed by atoms with E-state index in [0.29, 0.717) is 85.8 Å². The lowest BCUT2D eigenvalue weighted by molar-refractivity contribution is -0.149. The van der Waals surface area contributed by atoms with Crippen molar-refractivity contribution in [1.29, 1.82) is 0 Å². The number of unbranched alkanes of at least 4 members (excludes halogenated alkanes) is 29. The second-order valence-electron chi connectivity index (χ2n) is 18.6.